The molecule has 2 rings (SSSR count). The first-order chi connectivity index (χ1) is 9.72. The molecule has 20 heavy (non-hydrogen) atoms. The van der Waals surface area contributed by atoms with Crippen LogP contribution in [0.3, 0.4) is 0 Å². The Balaban J connectivity index is 2.07. The minimum Gasteiger partial charge on any atom is -0.457 e. The van der Waals surface area contributed by atoms with E-state index >= 15 is 0 Å². The fourth-order valence-electron chi connectivity index (χ4n) is 1.77. The van der Waals surface area contributed by atoms with Crippen LogP contribution in [0.5, 0.6) is 11.5 Å². The molecule has 0 saturated heterocycles. The predicted molar refractivity (Wildman–Crippen MR) is 89.8 cm³/mol. The first-order valence-corrected chi connectivity index (χ1v) is 8.55. The molecule has 0 spiro atoms. The lowest BCUT2D eigenvalue weighted by Crippen LogP contribution is -2.11. The molecule has 0 aliphatic rings. The number of benzene rings is 2. The largest absolute Gasteiger partial charge is 0.457 e. The Bertz CT molecular complexity index is 557. The smallest absolute Gasteiger partial charge is 0.128 e. The van der Waals surface area contributed by atoms with Gasteiger partial charge in [0.25, 0.3) is 0 Å². The third-order valence-electron chi connectivity index (χ3n) is 2.89. The maximum Gasteiger partial charge on any atom is 0.128 e. The number of hydrogen-bond acceptors (Lipinski definition) is 3. The van der Waals surface area contributed by atoms with Crippen molar-refractivity contribution < 1.29 is 4.74 Å². The maximum atomic E-state index is 5.86. The number of thioether (sulfide) groups is 1. The van der Waals surface area contributed by atoms with Crippen molar-refractivity contribution >= 4 is 27.7 Å². The van der Waals surface area contributed by atoms with Gasteiger partial charge in [-0.05, 0) is 54.8 Å². The number of hydrogen-bond donors (Lipinski definition) is 1. The highest BCUT2D eigenvalue weighted by atomic mass is 79.9. The minimum absolute atomic E-state index is 0.842. The summed E-state index contributed by atoms with van der Waals surface area (Å²) in [6.45, 7) is 3.93. The summed E-state index contributed by atoms with van der Waals surface area (Å²) in [6, 6.07) is 14.2. The number of ether oxygens (including phenoxy) is 1. The summed E-state index contributed by atoms with van der Waals surface area (Å²) in [5.41, 5.74) is 1.23. The zero-order valence-corrected chi connectivity index (χ0v) is 14.1. The molecule has 0 aliphatic heterocycles. The van der Waals surface area contributed by atoms with Crippen molar-refractivity contribution in [1.82, 2.24) is 5.32 Å². The van der Waals surface area contributed by atoms with Crippen LogP contribution in [0.4, 0.5) is 0 Å². The zero-order valence-electron chi connectivity index (χ0n) is 11.7. The highest BCUT2D eigenvalue weighted by molar-refractivity contribution is 9.10. The molecule has 0 radical (unpaired) electrons. The Morgan fingerprint density at radius 2 is 1.80 bits per heavy atom. The molecule has 0 heterocycles. The van der Waals surface area contributed by atoms with E-state index in [1.54, 1.807) is 11.8 Å². The molecule has 1 N–H and O–H groups in total. The quantitative estimate of drug-likeness (QED) is 0.733. The van der Waals surface area contributed by atoms with Crippen molar-refractivity contribution in [1.29, 1.82) is 0 Å². The van der Waals surface area contributed by atoms with E-state index in [-0.39, 0.29) is 0 Å². The Kier molecular flexibility index (Phi) is 5.95. The Hall–Kier alpha value is -0.970. The molecule has 0 atom stereocenters. The van der Waals surface area contributed by atoms with Crippen molar-refractivity contribution in [3.05, 3.63) is 52.5 Å². The average Bonchev–Trinajstić information content (AvgIpc) is 2.47. The summed E-state index contributed by atoms with van der Waals surface area (Å²) < 4.78 is 6.92. The molecular weight excluding hydrogens is 334 g/mol. The standard InChI is InChI=1S/C16H18BrNOS/c1-3-18-11-12-4-5-14(10-16(12)17)19-13-6-8-15(20-2)9-7-13/h4-10,18H,3,11H2,1-2H3. The lowest BCUT2D eigenvalue weighted by Gasteiger charge is -2.10. The van der Waals surface area contributed by atoms with Gasteiger partial charge in [-0.15, -0.1) is 11.8 Å². The summed E-state index contributed by atoms with van der Waals surface area (Å²) in [7, 11) is 0. The van der Waals surface area contributed by atoms with Gasteiger partial charge in [0, 0.05) is 15.9 Å². The monoisotopic (exact) mass is 351 g/mol. The van der Waals surface area contributed by atoms with Crippen molar-refractivity contribution in [3.8, 4) is 11.5 Å². The van der Waals surface area contributed by atoms with Crippen LogP contribution in [0.15, 0.2) is 51.8 Å². The Morgan fingerprint density at radius 3 is 2.40 bits per heavy atom. The zero-order chi connectivity index (χ0) is 14.4. The van der Waals surface area contributed by atoms with E-state index in [0.29, 0.717) is 0 Å². The van der Waals surface area contributed by atoms with Crippen molar-refractivity contribution in [2.24, 2.45) is 0 Å². The van der Waals surface area contributed by atoms with Crippen LogP contribution < -0.4 is 10.1 Å². The first-order valence-electron chi connectivity index (χ1n) is 6.54. The third-order valence-corrected chi connectivity index (χ3v) is 4.37. The van der Waals surface area contributed by atoms with E-state index in [2.05, 4.69) is 52.6 Å². The SMILES string of the molecule is CCNCc1ccc(Oc2ccc(SC)cc2)cc1Br. The Morgan fingerprint density at radius 1 is 1.10 bits per heavy atom. The minimum atomic E-state index is 0.842. The summed E-state index contributed by atoms with van der Waals surface area (Å²) in [4.78, 5) is 1.24. The Labute approximate surface area is 133 Å². The summed E-state index contributed by atoms with van der Waals surface area (Å²) in [6.07, 6.45) is 2.07. The van der Waals surface area contributed by atoms with E-state index < -0.39 is 0 Å². The first kappa shape index (κ1) is 15.4. The van der Waals surface area contributed by atoms with E-state index in [1.807, 2.05) is 24.3 Å². The molecule has 2 nitrogen and oxygen atoms in total. The number of rotatable bonds is 6. The van der Waals surface area contributed by atoms with E-state index in [1.165, 1.54) is 10.5 Å². The lowest BCUT2D eigenvalue weighted by atomic mass is 10.2. The van der Waals surface area contributed by atoms with Gasteiger partial charge in [0.2, 0.25) is 0 Å². The molecule has 0 amide bonds. The van der Waals surface area contributed by atoms with Crippen molar-refractivity contribution in [2.45, 2.75) is 18.4 Å². The molecule has 106 valence electrons. The molecule has 2 aromatic carbocycles. The fraction of sp³-hybridized carbons (Fsp3) is 0.250. The van der Waals surface area contributed by atoms with Crippen LogP contribution in [0.2, 0.25) is 0 Å². The van der Waals surface area contributed by atoms with Crippen LogP contribution in [-0.4, -0.2) is 12.8 Å². The van der Waals surface area contributed by atoms with E-state index in [0.717, 1.165) is 29.1 Å². The molecular formula is C16H18BrNOS. The van der Waals surface area contributed by atoms with Crippen LogP contribution in [0.1, 0.15) is 12.5 Å². The normalized spacial score (nSPS) is 10.6. The van der Waals surface area contributed by atoms with Gasteiger partial charge >= 0.3 is 0 Å². The van der Waals surface area contributed by atoms with Gasteiger partial charge in [-0.25, -0.2) is 0 Å². The lowest BCUT2D eigenvalue weighted by molar-refractivity contribution is 0.481. The molecule has 4 heteroatoms. The second-order valence-corrected chi connectivity index (χ2v) is 6.05. The van der Waals surface area contributed by atoms with Crippen LogP contribution in [0.25, 0.3) is 0 Å². The average molecular weight is 352 g/mol. The molecule has 0 unspecified atom stereocenters. The molecule has 2 aromatic rings. The highest BCUT2D eigenvalue weighted by Gasteiger charge is 2.03. The summed E-state index contributed by atoms with van der Waals surface area (Å²) in [5.74, 6) is 1.70. The predicted octanol–water partition coefficient (Wildman–Crippen LogP) is 5.07. The number of halogens is 1. The van der Waals surface area contributed by atoms with Gasteiger partial charge in [-0.2, -0.15) is 0 Å². The topological polar surface area (TPSA) is 21.3 Å². The van der Waals surface area contributed by atoms with Gasteiger partial charge in [0.1, 0.15) is 11.5 Å². The molecule has 0 aliphatic carbocycles. The summed E-state index contributed by atoms with van der Waals surface area (Å²) in [5, 5.41) is 3.31. The van der Waals surface area contributed by atoms with Crippen LogP contribution in [-0.2, 0) is 6.54 Å². The second-order valence-electron chi connectivity index (χ2n) is 4.31. The molecule has 0 aromatic heterocycles. The molecule has 0 fully saturated rings. The van der Waals surface area contributed by atoms with Gasteiger partial charge in [0.05, 0.1) is 0 Å². The maximum absolute atomic E-state index is 5.86. The van der Waals surface area contributed by atoms with Crippen molar-refractivity contribution in [2.75, 3.05) is 12.8 Å². The van der Waals surface area contributed by atoms with E-state index in [4.69, 9.17) is 4.74 Å². The number of nitrogens with one attached hydrogen (secondary N) is 1. The van der Waals surface area contributed by atoms with Gasteiger partial charge in [0.15, 0.2) is 0 Å². The van der Waals surface area contributed by atoms with Crippen LogP contribution in [0, 0.1) is 0 Å². The highest BCUT2D eigenvalue weighted by Crippen LogP contribution is 2.28. The third kappa shape index (κ3) is 4.27. The fourth-order valence-corrected chi connectivity index (χ4v) is 2.68. The van der Waals surface area contributed by atoms with Crippen molar-refractivity contribution in [3.63, 3.8) is 0 Å². The summed E-state index contributed by atoms with van der Waals surface area (Å²) >= 11 is 5.32. The molecule has 0 bridgehead atoms. The van der Waals surface area contributed by atoms with Gasteiger partial charge in [-0.1, -0.05) is 28.9 Å². The van der Waals surface area contributed by atoms with Crippen LogP contribution >= 0.6 is 27.7 Å². The van der Waals surface area contributed by atoms with E-state index in [9.17, 15) is 0 Å². The van der Waals surface area contributed by atoms with Gasteiger partial charge < -0.3 is 10.1 Å². The second kappa shape index (κ2) is 7.72. The van der Waals surface area contributed by atoms with Gasteiger partial charge in [-0.3, -0.25) is 0 Å². The molecule has 0 saturated carbocycles.